The van der Waals surface area contributed by atoms with Gasteiger partial charge in [0, 0.05) is 62.8 Å². The summed E-state index contributed by atoms with van der Waals surface area (Å²) in [6.45, 7) is 6.94. The molecule has 6 heteroatoms. The Hall–Kier alpha value is -1.92. The minimum atomic E-state index is 0.256. The molecule has 0 N–H and O–H groups in total. The molecule has 144 valence electrons. The largest absolute Gasteiger partial charge is 0.337 e. The van der Waals surface area contributed by atoms with E-state index in [-0.39, 0.29) is 5.56 Å². The lowest BCUT2D eigenvalue weighted by molar-refractivity contribution is 0.111. The van der Waals surface area contributed by atoms with Gasteiger partial charge in [0.25, 0.3) is 5.56 Å². The van der Waals surface area contributed by atoms with Crippen molar-refractivity contribution < 1.29 is 0 Å². The molecule has 0 saturated carbocycles. The van der Waals surface area contributed by atoms with Crippen LogP contribution in [0.15, 0.2) is 29.3 Å². The number of hydrogen-bond donors (Lipinski definition) is 0. The highest BCUT2D eigenvalue weighted by molar-refractivity contribution is 5.22. The molecule has 2 fully saturated rings. The highest BCUT2D eigenvalue weighted by Crippen LogP contribution is 2.35. The third kappa shape index (κ3) is 3.25. The second-order valence-corrected chi connectivity index (χ2v) is 8.63. The molecule has 0 aliphatic carbocycles. The molecule has 2 bridgehead atoms. The van der Waals surface area contributed by atoms with Crippen molar-refractivity contribution in [2.45, 2.75) is 44.8 Å². The minimum Gasteiger partial charge on any atom is -0.337 e. The molecule has 5 heterocycles. The number of aromatic nitrogens is 3. The molecular formula is C21H29N5O. The summed E-state index contributed by atoms with van der Waals surface area (Å²) in [6.07, 6.45) is 7.63. The summed E-state index contributed by atoms with van der Waals surface area (Å²) in [7, 11) is 2.06. The summed E-state index contributed by atoms with van der Waals surface area (Å²) < 4.78 is 4.20. The second kappa shape index (κ2) is 6.91. The molecule has 5 rings (SSSR count). The normalized spacial score (nSPS) is 25.7. The number of nitrogens with zero attached hydrogens (tertiary/aromatic N) is 5. The van der Waals surface area contributed by atoms with E-state index in [2.05, 4.69) is 43.1 Å². The van der Waals surface area contributed by atoms with E-state index in [0.717, 1.165) is 57.2 Å². The van der Waals surface area contributed by atoms with Gasteiger partial charge in [0.05, 0.1) is 6.54 Å². The number of hydrogen-bond acceptors (Lipinski definition) is 4. The van der Waals surface area contributed by atoms with E-state index < -0.39 is 0 Å². The van der Waals surface area contributed by atoms with Crippen molar-refractivity contribution in [3.63, 3.8) is 0 Å². The average molecular weight is 367 g/mol. The molecule has 27 heavy (non-hydrogen) atoms. The number of pyridine rings is 1. The zero-order chi connectivity index (χ0) is 18.4. The molecule has 2 saturated heterocycles. The SMILES string of the molecule is Cn1ccnc1CN1C[C@@H]2C[C@H](C1)c1ccc(CN3CCCC3)c(=O)n1C2. The molecule has 0 unspecified atom stereocenters. The zero-order valence-corrected chi connectivity index (χ0v) is 16.2. The van der Waals surface area contributed by atoms with E-state index in [9.17, 15) is 4.79 Å². The first-order valence-corrected chi connectivity index (χ1v) is 10.3. The molecule has 0 amide bonds. The Morgan fingerprint density at radius 1 is 1.07 bits per heavy atom. The molecule has 2 atom stereocenters. The molecule has 3 aliphatic heterocycles. The highest BCUT2D eigenvalue weighted by atomic mass is 16.1. The Balaban J connectivity index is 1.36. The van der Waals surface area contributed by atoms with Gasteiger partial charge in [0.2, 0.25) is 0 Å². The molecule has 0 aromatic carbocycles. The average Bonchev–Trinajstić information content (AvgIpc) is 3.30. The standard InChI is InChI=1S/C21H29N5O/c1-23-9-6-22-20(23)15-25-11-16-10-18(14-25)19-5-4-17(21(27)26(19)12-16)13-24-7-2-3-8-24/h4-6,9,16,18H,2-3,7-8,10-15H2,1H3/t16-,18+/m0/s1. The summed E-state index contributed by atoms with van der Waals surface area (Å²) in [5.74, 6) is 2.15. The van der Waals surface area contributed by atoms with Gasteiger partial charge in [-0.05, 0) is 44.3 Å². The maximum atomic E-state index is 13.1. The van der Waals surface area contributed by atoms with E-state index >= 15 is 0 Å². The van der Waals surface area contributed by atoms with Gasteiger partial charge in [-0.15, -0.1) is 0 Å². The zero-order valence-electron chi connectivity index (χ0n) is 16.2. The number of aryl methyl sites for hydroxylation is 1. The van der Waals surface area contributed by atoms with Crippen LogP contribution in [-0.2, 0) is 26.7 Å². The van der Waals surface area contributed by atoms with E-state index in [1.807, 2.05) is 12.4 Å². The molecule has 2 aromatic rings. The van der Waals surface area contributed by atoms with E-state index in [1.165, 1.54) is 25.0 Å². The fraction of sp³-hybridized carbons (Fsp3) is 0.619. The molecular weight excluding hydrogens is 338 g/mol. The first-order chi connectivity index (χ1) is 13.2. The monoisotopic (exact) mass is 367 g/mol. The highest BCUT2D eigenvalue weighted by Gasteiger charge is 2.35. The van der Waals surface area contributed by atoms with Crippen molar-refractivity contribution in [1.82, 2.24) is 23.9 Å². The van der Waals surface area contributed by atoms with Crippen LogP contribution in [0.1, 0.15) is 42.3 Å². The first kappa shape index (κ1) is 17.2. The van der Waals surface area contributed by atoms with Crippen LogP contribution in [-0.4, -0.2) is 50.1 Å². The van der Waals surface area contributed by atoms with Crippen molar-refractivity contribution >= 4 is 0 Å². The van der Waals surface area contributed by atoms with Crippen LogP contribution in [0.25, 0.3) is 0 Å². The van der Waals surface area contributed by atoms with E-state index in [1.54, 1.807) is 0 Å². The number of rotatable bonds is 4. The number of imidazole rings is 1. The summed E-state index contributed by atoms with van der Waals surface area (Å²) >= 11 is 0. The predicted octanol–water partition coefficient (Wildman–Crippen LogP) is 1.80. The van der Waals surface area contributed by atoms with Crippen molar-refractivity contribution in [2.75, 3.05) is 26.2 Å². The van der Waals surface area contributed by atoms with Gasteiger partial charge in [0.1, 0.15) is 5.82 Å². The fourth-order valence-electron chi connectivity index (χ4n) is 5.27. The van der Waals surface area contributed by atoms with Gasteiger partial charge in [-0.3, -0.25) is 14.6 Å². The Morgan fingerprint density at radius 3 is 2.70 bits per heavy atom. The van der Waals surface area contributed by atoms with Crippen molar-refractivity contribution in [3.8, 4) is 0 Å². The maximum absolute atomic E-state index is 13.1. The molecule has 3 aliphatic rings. The van der Waals surface area contributed by atoms with Gasteiger partial charge >= 0.3 is 0 Å². The molecule has 6 nitrogen and oxygen atoms in total. The van der Waals surface area contributed by atoms with Crippen LogP contribution in [0.4, 0.5) is 0 Å². The topological polar surface area (TPSA) is 46.3 Å². The van der Waals surface area contributed by atoms with Crippen LogP contribution in [0.3, 0.4) is 0 Å². The van der Waals surface area contributed by atoms with Gasteiger partial charge in [-0.1, -0.05) is 6.07 Å². The van der Waals surface area contributed by atoms with Crippen LogP contribution in [0.5, 0.6) is 0 Å². The predicted molar refractivity (Wildman–Crippen MR) is 105 cm³/mol. The molecule has 0 radical (unpaired) electrons. The Kier molecular flexibility index (Phi) is 4.40. The lowest BCUT2D eigenvalue weighted by Crippen LogP contribution is -2.47. The quantitative estimate of drug-likeness (QED) is 0.827. The summed E-state index contributed by atoms with van der Waals surface area (Å²) in [5.41, 5.74) is 2.48. The number of fused-ring (bicyclic) bond motifs is 4. The van der Waals surface area contributed by atoms with E-state index in [4.69, 9.17) is 0 Å². The van der Waals surface area contributed by atoms with Gasteiger partial charge in [0.15, 0.2) is 0 Å². The molecule has 2 aromatic heterocycles. The smallest absolute Gasteiger partial charge is 0.255 e. The summed E-state index contributed by atoms with van der Waals surface area (Å²) in [4.78, 5) is 22.5. The van der Waals surface area contributed by atoms with Crippen LogP contribution in [0, 0.1) is 5.92 Å². The Morgan fingerprint density at radius 2 is 1.93 bits per heavy atom. The van der Waals surface area contributed by atoms with Crippen molar-refractivity contribution in [2.24, 2.45) is 13.0 Å². The second-order valence-electron chi connectivity index (χ2n) is 8.63. The summed E-state index contributed by atoms with van der Waals surface area (Å²) in [5, 5.41) is 0. The fourth-order valence-corrected chi connectivity index (χ4v) is 5.27. The van der Waals surface area contributed by atoms with Gasteiger partial charge in [-0.25, -0.2) is 4.98 Å². The maximum Gasteiger partial charge on any atom is 0.255 e. The molecule has 0 spiro atoms. The van der Waals surface area contributed by atoms with Gasteiger partial charge in [-0.2, -0.15) is 0 Å². The number of piperidine rings is 1. The lowest BCUT2D eigenvalue weighted by Gasteiger charge is -2.42. The summed E-state index contributed by atoms with van der Waals surface area (Å²) in [6, 6.07) is 4.34. The third-order valence-corrected chi connectivity index (χ3v) is 6.64. The Bertz CT molecular complexity index is 879. The minimum absolute atomic E-state index is 0.256. The lowest BCUT2D eigenvalue weighted by atomic mass is 9.83. The van der Waals surface area contributed by atoms with Crippen molar-refractivity contribution in [3.05, 3.63) is 52.0 Å². The first-order valence-electron chi connectivity index (χ1n) is 10.3. The van der Waals surface area contributed by atoms with Crippen LogP contribution < -0.4 is 5.56 Å². The number of likely N-dealkylation sites (tertiary alicyclic amines) is 2. The van der Waals surface area contributed by atoms with Crippen LogP contribution >= 0.6 is 0 Å². The van der Waals surface area contributed by atoms with Crippen molar-refractivity contribution in [1.29, 1.82) is 0 Å². The van der Waals surface area contributed by atoms with E-state index in [0.29, 0.717) is 11.8 Å². The Labute approximate surface area is 160 Å². The van der Waals surface area contributed by atoms with Crippen LogP contribution in [0.2, 0.25) is 0 Å². The third-order valence-electron chi connectivity index (χ3n) is 6.64. The van der Waals surface area contributed by atoms with Gasteiger partial charge < -0.3 is 9.13 Å².